The van der Waals surface area contributed by atoms with E-state index in [-0.39, 0.29) is 37.6 Å². The first-order chi connectivity index (χ1) is 11.4. The number of H-pyrrole nitrogens is 1. The second-order valence-corrected chi connectivity index (χ2v) is 5.79. The van der Waals surface area contributed by atoms with E-state index in [4.69, 9.17) is 5.73 Å². The van der Waals surface area contributed by atoms with Crippen LogP contribution >= 0.6 is 0 Å². The van der Waals surface area contributed by atoms with Gasteiger partial charge in [0.25, 0.3) is 0 Å². The summed E-state index contributed by atoms with van der Waals surface area (Å²) in [4.78, 5) is 36.8. The van der Waals surface area contributed by atoms with Crippen LogP contribution in [0.5, 0.6) is 0 Å². The molecule has 0 saturated heterocycles. The van der Waals surface area contributed by atoms with Crippen LogP contribution in [0.15, 0.2) is 30.5 Å². The Hall–Kier alpha value is -2.71. The Morgan fingerprint density at radius 2 is 1.80 bits per heavy atom. The zero-order valence-corrected chi connectivity index (χ0v) is 14.0. The number of hydrogen-bond donors (Lipinski definition) is 3. The monoisotopic (exact) mass is 348 g/mol. The van der Waals surface area contributed by atoms with Gasteiger partial charge in [0.2, 0.25) is 0 Å². The predicted molar refractivity (Wildman–Crippen MR) is 88.3 cm³/mol. The van der Waals surface area contributed by atoms with Gasteiger partial charge in [-0.2, -0.15) is 0 Å². The average Bonchev–Trinajstić information content (AvgIpc) is 2.95. The summed E-state index contributed by atoms with van der Waals surface area (Å²) in [6.07, 6.45) is 1.48. The summed E-state index contributed by atoms with van der Waals surface area (Å²) in [6, 6.07) is 6.22. The van der Waals surface area contributed by atoms with Crippen molar-refractivity contribution in [2.75, 3.05) is 0 Å². The van der Waals surface area contributed by atoms with E-state index in [0.29, 0.717) is 0 Å². The van der Waals surface area contributed by atoms with Crippen molar-refractivity contribution in [1.29, 1.82) is 0 Å². The molecule has 8 heteroatoms. The second-order valence-electron chi connectivity index (χ2n) is 5.79. The lowest BCUT2D eigenvalue weighted by Crippen LogP contribution is -2.42. The zero-order chi connectivity index (χ0) is 17.7. The van der Waals surface area contributed by atoms with Gasteiger partial charge in [-0.15, -0.1) is 0 Å². The number of fused-ring (bicyclic) bond motifs is 1. The molecule has 0 unspecified atom stereocenters. The highest BCUT2D eigenvalue weighted by Gasteiger charge is 2.18. The maximum Gasteiger partial charge on any atom is 0.133 e. The normalized spacial score (nSPS) is 13.0. The number of rotatable bonds is 9. The number of aromatic nitrogens is 1. The number of benzene rings is 1. The fourth-order valence-corrected chi connectivity index (χ4v) is 2.62. The number of carbonyl (C=O) groups is 3. The maximum atomic E-state index is 11.9. The van der Waals surface area contributed by atoms with Crippen molar-refractivity contribution in [3.8, 4) is 0 Å². The third kappa shape index (κ3) is 5.40. The molecule has 1 aromatic heterocycles. The summed E-state index contributed by atoms with van der Waals surface area (Å²) in [6.45, 7) is 0. The Kier molecular flexibility index (Phi) is 7.28. The van der Waals surface area contributed by atoms with Crippen molar-refractivity contribution in [3.05, 3.63) is 36.0 Å². The molecule has 1 aromatic carbocycles. The molecule has 0 spiro atoms. The Labute approximate surface area is 144 Å². The molecule has 0 aliphatic carbocycles. The first-order valence-corrected chi connectivity index (χ1v) is 7.62. The van der Waals surface area contributed by atoms with E-state index < -0.39 is 23.9 Å². The molecule has 0 aliphatic rings. The van der Waals surface area contributed by atoms with Gasteiger partial charge in [0, 0.05) is 47.9 Å². The number of carboxylic acid groups (broad SMARTS) is 2. The van der Waals surface area contributed by atoms with Gasteiger partial charge in [0.05, 0.1) is 5.97 Å². The zero-order valence-electron chi connectivity index (χ0n) is 14.0. The van der Waals surface area contributed by atoms with Gasteiger partial charge in [-0.05, 0) is 24.5 Å². The summed E-state index contributed by atoms with van der Waals surface area (Å²) >= 11 is 0. The third-order valence-electron chi connectivity index (χ3n) is 3.99. The van der Waals surface area contributed by atoms with Gasteiger partial charge in [-0.1, -0.05) is 18.2 Å². The lowest BCUT2D eigenvalue weighted by atomic mass is 9.92. The van der Waals surface area contributed by atoms with E-state index in [2.05, 4.69) is 4.98 Å². The van der Waals surface area contributed by atoms with Crippen molar-refractivity contribution in [3.63, 3.8) is 0 Å². The van der Waals surface area contributed by atoms with Crippen LogP contribution in [0.2, 0.25) is 0 Å². The number of nitrogens with one attached hydrogen (secondary N) is 1. The molecule has 0 amide bonds. The molecule has 0 aliphatic heterocycles. The predicted octanol–water partition coefficient (Wildman–Crippen LogP) is -0.731. The number of quaternary nitrogens is 1. The van der Waals surface area contributed by atoms with E-state index in [0.717, 1.165) is 16.5 Å². The fourth-order valence-electron chi connectivity index (χ4n) is 2.62. The van der Waals surface area contributed by atoms with E-state index in [1.54, 1.807) is 6.20 Å². The molecular weight excluding hydrogens is 326 g/mol. The quantitative estimate of drug-likeness (QED) is 0.538. The fraction of sp³-hybridized carbons (Fsp3) is 0.353. The molecule has 2 atom stereocenters. The van der Waals surface area contributed by atoms with Crippen LogP contribution in [0.3, 0.4) is 0 Å². The minimum absolute atomic E-state index is 0. The molecule has 25 heavy (non-hydrogen) atoms. The number of aliphatic carboxylic acids is 2. The van der Waals surface area contributed by atoms with Crippen molar-refractivity contribution >= 4 is 28.6 Å². The van der Waals surface area contributed by atoms with Crippen LogP contribution in [-0.2, 0) is 20.8 Å². The van der Waals surface area contributed by atoms with Crippen molar-refractivity contribution < 1.29 is 24.6 Å². The molecule has 2 rings (SSSR count). The number of nitrogens with two attached hydrogens (primary N) is 1. The molecule has 1 heterocycles. The van der Waals surface area contributed by atoms with Crippen molar-refractivity contribution in [2.45, 2.75) is 31.7 Å². The van der Waals surface area contributed by atoms with E-state index in [9.17, 15) is 24.6 Å². The smallest absolute Gasteiger partial charge is 0.133 e. The second kappa shape index (κ2) is 8.95. The highest BCUT2D eigenvalue weighted by atomic mass is 16.4. The molecule has 0 saturated carbocycles. The number of Topliss-reactive ketones (excluding diaryl/α,β-unsaturated/α-hetero) is 1. The van der Waals surface area contributed by atoms with Crippen LogP contribution in [0.25, 0.3) is 10.9 Å². The Balaban J connectivity index is 0.00000312. The molecule has 8 nitrogen and oxygen atoms in total. The molecule has 0 fully saturated rings. The minimum atomic E-state index is -1.43. The number of hydrogen-bond acceptors (Lipinski definition) is 6. The number of carbonyl (C=O) groups excluding carboxylic acids is 3. The van der Waals surface area contributed by atoms with Crippen molar-refractivity contribution in [2.24, 2.45) is 11.7 Å². The maximum absolute atomic E-state index is 11.9. The molecular formula is C17H22N3O5-. The van der Waals surface area contributed by atoms with E-state index in [1.807, 2.05) is 24.3 Å². The van der Waals surface area contributed by atoms with Crippen LogP contribution < -0.4 is 22.1 Å². The van der Waals surface area contributed by atoms with E-state index >= 15 is 0 Å². The summed E-state index contributed by atoms with van der Waals surface area (Å²) in [5.74, 6) is -4.08. The summed E-state index contributed by atoms with van der Waals surface area (Å²) in [7, 11) is 0. The number of ketones is 1. The van der Waals surface area contributed by atoms with Gasteiger partial charge in [-0.3, -0.25) is 4.79 Å². The lowest BCUT2D eigenvalue weighted by molar-refractivity contribution is -0.312. The third-order valence-corrected chi connectivity index (χ3v) is 3.99. The number of aromatic amines is 1. The molecule has 0 bridgehead atoms. The van der Waals surface area contributed by atoms with Gasteiger partial charge in [0.15, 0.2) is 0 Å². The standard InChI is InChI=1S/C17H20N2O5.H3N/c18-14(17(23)24)6-5-12(20)8-10(16(21)22)7-11-9-19-15-4-2-1-3-13(11)15;/h1-4,9-10,14,19H,5-8,18H2,(H,21,22)(H,23,24);1H3/p-1/t10-,14+;/m1./s1. The first-order valence-electron chi connectivity index (χ1n) is 7.62. The van der Waals surface area contributed by atoms with Crippen LogP contribution in [0, 0.1) is 5.92 Å². The summed E-state index contributed by atoms with van der Waals surface area (Å²) in [5, 5.41) is 22.8. The summed E-state index contributed by atoms with van der Waals surface area (Å²) in [5.41, 5.74) is 6.96. The molecule has 0 radical (unpaired) electrons. The Bertz CT molecular complexity index is 756. The minimum Gasteiger partial charge on any atom is -0.550 e. The van der Waals surface area contributed by atoms with Crippen LogP contribution in [-0.4, -0.2) is 28.7 Å². The first kappa shape index (κ1) is 20.3. The van der Waals surface area contributed by atoms with Crippen LogP contribution in [0.1, 0.15) is 24.8 Å². The van der Waals surface area contributed by atoms with Gasteiger partial charge >= 0.3 is 0 Å². The molecule has 2 aromatic rings. The van der Waals surface area contributed by atoms with E-state index in [1.165, 1.54) is 0 Å². The Morgan fingerprint density at radius 3 is 2.44 bits per heavy atom. The van der Waals surface area contributed by atoms with Crippen LogP contribution in [0.4, 0.5) is 0 Å². The topological polar surface area (TPSA) is 176 Å². The van der Waals surface area contributed by atoms with Crippen molar-refractivity contribution in [1.82, 2.24) is 11.1 Å². The largest absolute Gasteiger partial charge is 0.550 e. The highest BCUT2D eigenvalue weighted by Crippen LogP contribution is 2.22. The van der Waals surface area contributed by atoms with Gasteiger partial charge in [-0.25, -0.2) is 0 Å². The highest BCUT2D eigenvalue weighted by molar-refractivity contribution is 5.86. The SMILES string of the molecule is N[C@@H](CCC(=O)C[C@@H](Cc1c[nH]c2ccccc12)C(=O)[O-])C(=O)[O-].[NH4+]. The van der Waals surface area contributed by atoms with Gasteiger partial charge in [0.1, 0.15) is 5.78 Å². The number of para-hydroxylation sites is 1. The molecule has 7 N–H and O–H groups in total. The lowest BCUT2D eigenvalue weighted by Gasteiger charge is -2.18. The average molecular weight is 348 g/mol. The Morgan fingerprint density at radius 1 is 1.12 bits per heavy atom. The summed E-state index contributed by atoms with van der Waals surface area (Å²) < 4.78 is 0. The number of carboxylic acids is 2. The van der Waals surface area contributed by atoms with Gasteiger partial charge < -0.3 is 36.7 Å². The molecule has 136 valence electrons.